The van der Waals surface area contributed by atoms with Crippen molar-refractivity contribution in [1.82, 2.24) is 0 Å². The van der Waals surface area contributed by atoms with E-state index in [0.29, 0.717) is 11.4 Å². The summed E-state index contributed by atoms with van der Waals surface area (Å²) < 4.78 is 0. The highest BCUT2D eigenvalue weighted by molar-refractivity contribution is 5.94. The van der Waals surface area contributed by atoms with E-state index in [0.717, 1.165) is 51.4 Å². The van der Waals surface area contributed by atoms with E-state index < -0.39 is 0 Å². The topological polar surface area (TPSA) is 86.3 Å². The molecule has 0 aromatic heterocycles. The number of carbonyl (C=O) groups is 2. The van der Waals surface area contributed by atoms with Crippen LogP contribution in [0.4, 0.5) is 11.4 Å². The Labute approximate surface area is 166 Å². The quantitative estimate of drug-likeness (QED) is 0.763. The van der Waals surface area contributed by atoms with Crippen LogP contribution >= 0.6 is 0 Å². The van der Waals surface area contributed by atoms with Crippen LogP contribution in [0.3, 0.4) is 0 Å². The fourth-order valence-corrected chi connectivity index (χ4v) is 4.08. The van der Waals surface area contributed by atoms with Crippen LogP contribution in [0.5, 0.6) is 0 Å². The van der Waals surface area contributed by atoms with Gasteiger partial charge in [-0.25, -0.2) is 6.57 Å². The highest BCUT2D eigenvalue weighted by Crippen LogP contribution is 2.30. The zero-order valence-corrected chi connectivity index (χ0v) is 16.0. The summed E-state index contributed by atoms with van der Waals surface area (Å²) in [6.45, 7) is 7.08. The molecule has 6 nitrogen and oxygen atoms in total. The van der Waals surface area contributed by atoms with Crippen LogP contribution in [0, 0.1) is 35.7 Å². The second-order valence-electron chi connectivity index (χ2n) is 7.87. The van der Waals surface area contributed by atoms with Gasteiger partial charge in [0.25, 0.3) is 0 Å². The van der Waals surface area contributed by atoms with Crippen LogP contribution in [0.2, 0.25) is 0 Å². The summed E-state index contributed by atoms with van der Waals surface area (Å²) in [5, 5.41) is 14.8. The van der Waals surface area contributed by atoms with E-state index >= 15 is 0 Å². The van der Waals surface area contributed by atoms with Crippen molar-refractivity contribution in [2.24, 2.45) is 17.8 Å². The molecule has 2 fully saturated rings. The second-order valence-corrected chi connectivity index (χ2v) is 7.87. The number of amides is 2. The molecule has 0 radical (unpaired) electrons. The largest absolute Gasteiger partial charge is 0.326 e. The van der Waals surface area contributed by atoms with Crippen LogP contribution in [0.25, 0.3) is 4.85 Å². The Kier molecular flexibility index (Phi) is 6.66. The van der Waals surface area contributed by atoms with E-state index in [9.17, 15) is 9.59 Å². The molecule has 1 aromatic rings. The van der Waals surface area contributed by atoms with Crippen LogP contribution in [-0.2, 0) is 9.59 Å². The molecule has 2 N–H and O–H groups in total. The molecular weight excluding hydrogens is 352 g/mol. The van der Waals surface area contributed by atoms with Gasteiger partial charge in [-0.15, -0.1) is 0 Å². The molecule has 0 atom stereocenters. The lowest BCUT2D eigenvalue weighted by atomic mass is 9.82. The normalized spacial score (nSPS) is 27.1. The fraction of sp³-hybridized carbons (Fsp3) is 0.545. The number of carbonyl (C=O) groups excluding carboxylic acids is 2. The smallest absolute Gasteiger partial charge is 0.227 e. The number of benzene rings is 1. The van der Waals surface area contributed by atoms with Crippen LogP contribution in [0.1, 0.15) is 51.4 Å². The van der Waals surface area contributed by atoms with Crippen molar-refractivity contribution < 1.29 is 9.59 Å². The molecule has 146 valence electrons. The Morgan fingerprint density at radius 2 is 1.29 bits per heavy atom. The van der Waals surface area contributed by atoms with Crippen LogP contribution in [-0.4, -0.2) is 17.9 Å². The van der Waals surface area contributed by atoms with Gasteiger partial charge < -0.3 is 15.5 Å². The molecular formula is C22H26N4O2. The average Bonchev–Trinajstić information content (AvgIpc) is 2.75. The fourth-order valence-electron chi connectivity index (χ4n) is 4.08. The Morgan fingerprint density at radius 1 is 0.857 bits per heavy atom. The lowest BCUT2D eigenvalue weighted by Crippen LogP contribution is -2.28. The number of rotatable bonds is 4. The van der Waals surface area contributed by atoms with Gasteiger partial charge in [-0.3, -0.25) is 9.59 Å². The van der Waals surface area contributed by atoms with Crippen molar-refractivity contribution in [2.45, 2.75) is 57.4 Å². The Hall–Kier alpha value is -2.86. The molecule has 1 aromatic carbocycles. The summed E-state index contributed by atoms with van der Waals surface area (Å²) in [5.74, 6) is 0.0399. The van der Waals surface area contributed by atoms with Crippen LogP contribution < -0.4 is 10.6 Å². The average molecular weight is 378 g/mol. The number of hydrogen-bond acceptors (Lipinski definition) is 3. The first-order valence-electron chi connectivity index (χ1n) is 10.1. The van der Waals surface area contributed by atoms with Gasteiger partial charge in [0.2, 0.25) is 17.9 Å². The molecule has 6 heteroatoms. The van der Waals surface area contributed by atoms with Crippen molar-refractivity contribution in [2.75, 3.05) is 10.6 Å². The van der Waals surface area contributed by atoms with Crippen molar-refractivity contribution in [1.29, 1.82) is 5.26 Å². The van der Waals surface area contributed by atoms with Gasteiger partial charge >= 0.3 is 0 Å². The highest BCUT2D eigenvalue weighted by atomic mass is 16.2. The first-order chi connectivity index (χ1) is 13.6. The van der Waals surface area contributed by atoms with Gasteiger partial charge in [-0.2, -0.15) is 5.26 Å². The third kappa shape index (κ3) is 5.10. The molecule has 2 saturated carbocycles. The Morgan fingerprint density at radius 3 is 1.68 bits per heavy atom. The maximum absolute atomic E-state index is 12.4. The predicted molar refractivity (Wildman–Crippen MR) is 107 cm³/mol. The van der Waals surface area contributed by atoms with E-state index in [4.69, 9.17) is 11.8 Å². The van der Waals surface area contributed by atoms with Gasteiger partial charge in [0, 0.05) is 42.0 Å². The summed E-state index contributed by atoms with van der Waals surface area (Å²) in [6, 6.07) is 9.54. The van der Waals surface area contributed by atoms with E-state index in [1.807, 2.05) is 0 Å². The third-order valence-electron chi connectivity index (χ3n) is 5.95. The van der Waals surface area contributed by atoms with Crippen molar-refractivity contribution >= 4 is 23.2 Å². The predicted octanol–water partition coefficient (Wildman–Crippen LogP) is 4.37. The van der Waals surface area contributed by atoms with Gasteiger partial charge in [0.15, 0.2) is 0 Å². The Balaban J connectivity index is 1.47. The minimum atomic E-state index is -0.0328. The SMILES string of the molecule is [C-]#[N+]C1CCC(C(=O)Nc2ccc(NC(=O)C3CCC(C#N)CC3)cc2)CC1. The van der Waals surface area contributed by atoms with Crippen molar-refractivity contribution in [3.05, 3.63) is 35.7 Å². The molecule has 0 unspecified atom stereocenters. The summed E-state index contributed by atoms with van der Waals surface area (Å²) in [6.07, 6.45) is 6.21. The molecule has 3 rings (SSSR count). The number of nitrogens with one attached hydrogen (secondary N) is 2. The van der Waals surface area contributed by atoms with E-state index in [2.05, 4.69) is 21.5 Å². The number of hydrogen-bond donors (Lipinski definition) is 2. The minimum absolute atomic E-state index is 0.00439. The summed E-state index contributed by atoms with van der Waals surface area (Å²) in [4.78, 5) is 28.4. The molecule has 2 aliphatic carbocycles. The molecule has 28 heavy (non-hydrogen) atoms. The molecule has 2 aliphatic rings. The lowest BCUT2D eigenvalue weighted by molar-refractivity contribution is -0.121. The van der Waals surface area contributed by atoms with E-state index in [1.165, 1.54) is 0 Å². The first kappa shape index (κ1) is 19.9. The number of anilines is 2. The zero-order valence-electron chi connectivity index (χ0n) is 16.0. The van der Waals surface area contributed by atoms with E-state index in [1.54, 1.807) is 24.3 Å². The van der Waals surface area contributed by atoms with Gasteiger partial charge in [-0.05, 0) is 62.8 Å². The van der Waals surface area contributed by atoms with Crippen molar-refractivity contribution in [3.8, 4) is 6.07 Å². The van der Waals surface area contributed by atoms with Gasteiger partial charge in [-0.1, -0.05) is 0 Å². The van der Waals surface area contributed by atoms with E-state index in [-0.39, 0.29) is 35.6 Å². The highest BCUT2D eigenvalue weighted by Gasteiger charge is 2.29. The zero-order chi connectivity index (χ0) is 19.9. The van der Waals surface area contributed by atoms with Crippen LogP contribution in [0.15, 0.2) is 24.3 Å². The maximum Gasteiger partial charge on any atom is 0.227 e. The molecule has 0 saturated heterocycles. The standard InChI is InChI=1S/C22H26N4O2/c1-24-18-8-6-17(7-9-18)22(28)26-20-12-10-19(11-13-20)25-21(27)16-4-2-15(14-23)3-5-16/h10-13,15-18H,2-9H2,(H,25,27)(H,26,28). The molecule has 2 amide bonds. The number of nitriles is 1. The Bertz CT molecular complexity index is 707. The maximum atomic E-state index is 12.4. The lowest BCUT2D eigenvalue weighted by Gasteiger charge is -2.24. The summed E-state index contributed by atoms with van der Waals surface area (Å²) in [7, 11) is 0. The molecule has 0 bridgehead atoms. The molecule has 0 spiro atoms. The third-order valence-corrected chi connectivity index (χ3v) is 5.95. The summed E-state index contributed by atoms with van der Waals surface area (Å²) >= 11 is 0. The second kappa shape index (κ2) is 9.37. The van der Waals surface area contributed by atoms with Gasteiger partial charge in [0.05, 0.1) is 6.07 Å². The first-order valence-corrected chi connectivity index (χ1v) is 10.1. The van der Waals surface area contributed by atoms with Gasteiger partial charge in [0.1, 0.15) is 0 Å². The number of nitrogens with zero attached hydrogens (tertiary/aromatic N) is 2. The molecule has 0 aliphatic heterocycles. The van der Waals surface area contributed by atoms with Crippen molar-refractivity contribution in [3.63, 3.8) is 0 Å². The minimum Gasteiger partial charge on any atom is -0.326 e. The molecule has 0 heterocycles. The summed E-state index contributed by atoms with van der Waals surface area (Å²) in [5.41, 5.74) is 1.42. The monoisotopic (exact) mass is 378 g/mol.